The number of rotatable bonds is 5. The quantitative estimate of drug-likeness (QED) is 0.753. The van der Waals surface area contributed by atoms with E-state index in [0.717, 1.165) is 25.1 Å². The summed E-state index contributed by atoms with van der Waals surface area (Å²) < 4.78 is 1.24. The summed E-state index contributed by atoms with van der Waals surface area (Å²) in [6, 6.07) is 1.52. The van der Waals surface area contributed by atoms with Gasteiger partial charge in [0, 0.05) is 25.6 Å². The summed E-state index contributed by atoms with van der Waals surface area (Å²) in [5, 5.41) is 4.04. The first-order valence-electron chi connectivity index (χ1n) is 5.93. The number of Topliss-reactive ketones (excluding diaryl/α,β-unsaturated/α-hetero) is 1. The van der Waals surface area contributed by atoms with Crippen LogP contribution < -0.4 is 10.5 Å². The molecule has 0 N–H and O–H groups in total. The fraction of sp³-hybridized carbons (Fsp3) is 0.583. The molecule has 0 radical (unpaired) electrons. The third-order valence-corrected chi connectivity index (χ3v) is 3.11. The van der Waals surface area contributed by atoms with Gasteiger partial charge in [-0.2, -0.15) is 5.10 Å². The smallest absolute Gasteiger partial charge is 0.269 e. The first-order valence-corrected chi connectivity index (χ1v) is 5.93. The Morgan fingerprint density at radius 3 is 2.82 bits per heavy atom. The second kappa shape index (κ2) is 4.69. The predicted octanol–water partition coefficient (Wildman–Crippen LogP) is 0.678. The van der Waals surface area contributed by atoms with Crippen LogP contribution in [-0.4, -0.2) is 29.2 Å². The second-order valence-corrected chi connectivity index (χ2v) is 4.46. The van der Waals surface area contributed by atoms with Gasteiger partial charge in [-0.15, -0.1) is 0 Å². The van der Waals surface area contributed by atoms with Crippen molar-refractivity contribution in [3.8, 4) is 0 Å². The lowest BCUT2D eigenvalue weighted by Gasteiger charge is -2.16. The fourth-order valence-corrected chi connectivity index (χ4v) is 1.62. The fourth-order valence-electron chi connectivity index (χ4n) is 1.62. The Hall–Kier alpha value is -1.65. The Morgan fingerprint density at radius 2 is 2.29 bits per heavy atom. The van der Waals surface area contributed by atoms with E-state index in [0.29, 0.717) is 0 Å². The van der Waals surface area contributed by atoms with Crippen molar-refractivity contribution in [2.24, 2.45) is 5.92 Å². The second-order valence-electron chi connectivity index (χ2n) is 4.46. The van der Waals surface area contributed by atoms with E-state index in [9.17, 15) is 9.59 Å². The summed E-state index contributed by atoms with van der Waals surface area (Å²) in [4.78, 5) is 25.3. The van der Waals surface area contributed by atoms with Gasteiger partial charge in [0.2, 0.25) is 0 Å². The van der Waals surface area contributed by atoms with Gasteiger partial charge in [0.1, 0.15) is 6.54 Å². The first-order chi connectivity index (χ1) is 8.11. The van der Waals surface area contributed by atoms with Crippen LogP contribution in [0.15, 0.2) is 17.1 Å². The van der Waals surface area contributed by atoms with Gasteiger partial charge in [0.25, 0.3) is 5.56 Å². The summed E-state index contributed by atoms with van der Waals surface area (Å²) in [6.07, 6.45) is 3.56. The number of anilines is 1. The van der Waals surface area contributed by atoms with Crippen LogP contribution in [0.5, 0.6) is 0 Å². The van der Waals surface area contributed by atoms with Crippen molar-refractivity contribution < 1.29 is 4.79 Å². The van der Waals surface area contributed by atoms with Gasteiger partial charge in [0.15, 0.2) is 5.78 Å². The molecule has 5 nitrogen and oxygen atoms in total. The van der Waals surface area contributed by atoms with E-state index < -0.39 is 0 Å². The van der Waals surface area contributed by atoms with Crippen LogP contribution in [0.25, 0.3) is 0 Å². The average molecular weight is 235 g/mol. The number of nitrogens with zero attached hydrogens (tertiary/aromatic N) is 3. The lowest BCUT2D eigenvalue weighted by Crippen LogP contribution is -2.28. The highest BCUT2D eigenvalue weighted by molar-refractivity contribution is 5.82. The van der Waals surface area contributed by atoms with Gasteiger partial charge in [0.05, 0.1) is 11.9 Å². The van der Waals surface area contributed by atoms with E-state index in [4.69, 9.17) is 0 Å². The van der Waals surface area contributed by atoms with Gasteiger partial charge in [-0.05, 0) is 19.8 Å². The maximum Gasteiger partial charge on any atom is 0.269 e. The number of hydrogen-bond acceptors (Lipinski definition) is 4. The Kier molecular flexibility index (Phi) is 3.26. The molecule has 0 aliphatic heterocycles. The zero-order chi connectivity index (χ0) is 12.4. The molecule has 0 atom stereocenters. The largest absolute Gasteiger partial charge is 0.373 e. The molecular formula is C12H17N3O2. The van der Waals surface area contributed by atoms with Crippen molar-refractivity contribution in [1.29, 1.82) is 0 Å². The van der Waals surface area contributed by atoms with Crippen LogP contribution in [0.4, 0.5) is 5.69 Å². The van der Waals surface area contributed by atoms with Crippen molar-refractivity contribution in [2.75, 3.05) is 18.5 Å². The molecule has 17 heavy (non-hydrogen) atoms. The Morgan fingerprint density at radius 1 is 1.59 bits per heavy atom. The third-order valence-electron chi connectivity index (χ3n) is 3.11. The lowest BCUT2D eigenvalue weighted by atomic mass is 10.2. The zero-order valence-electron chi connectivity index (χ0n) is 10.2. The van der Waals surface area contributed by atoms with Crippen molar-refractivity contribution >= 4 is 11.5 Å². The van der Waals surface area contributed by atoms with E-state index in [1.54, 1.807) is 6.20 Å². The van der Waals surface area contributed by atoms with Crippen molar-refractivity contribution in [3.05, 3.63) is 22.6 Å². The highest BCUT2D eigenvalue weighted by atomic mass is 16.1. The maximum absolute atomic E-state index is 11.8. The van der Waals surface area contributed by atoms with Gasteiger partial charge in [-0.1, -0.05) is 0 Å². The van der Waals surface area contributed by atoms with Crippen molar-refractivity contribution in [3.63, 3.8) is 0 Å². The molecule has 0 amide bonds. The Labute approximate surface area is 100 Å². The van der Waals surface area contributed by atoms with Crippen LogP contribution >= 0.6 is 0 Å². The number of aromatic nitrogens is 2. The standard InChI is InChI=1S/C12H17N3O2/c1-3-14(2)10-6-12(17)15(13-7-10)8-11(16)9-4-5-9/h6-7,9H,3-5,8H2,1-2H3. The van der Waals surface area contributed by atoms with Crippen molar-refractivity contribution in [1.82, 2.24) is 9.78 Å². The van der Waals surface area contributed by atoms with Crippen LogP contribution in [0, 0.1) is 5.92 Å². The Bertz CT molecular complexity index is 477. The molecule has 0 bridgehead atoms. The summed E-state index contributed by atoms with van der Waals surface area (Å²) in [5.74, 6) is 0.290. The zero-order valence-corrected chi connectivity index (χ0v) is 10.2. The molecule has 1 aromatic heterocycles. The van der Waals surface area contributed by atoms with E-state index in [1.807, 2.05) is 18.9 Å². The summed E-state index contributed by atoms with van der Waals surface area (Å²) in [5.41, 5.74) is 0.574. The molecule has 1 heterocycles. The SMILES string of the molecule is CCN(C)c1cnn(CC(=O)C2CC2)c(=O)c1. The van der Waals surface area contributed by atoms with Gasteiger partial charge in [-0.3, -0.25) is 9.59 Å². The molecular weight excluding hydrogens is 218 g/mol. The molecule has 92 valence electrons. The molecule has 1 aliphatic carbocycles. The molecule has 0 aromatic carbocycles. The molecule has 0 unspecified atom stereocenters. The topological polar surface area (TPSA) is 55.2 Å². The first kappa shape index (κ1) is 11.8. The molecule has 2 rings (SSSR count). The summed E-state index contributed by atoms with van der Waals surface area (Å²) in [6.45, 7) is 2.92. The number of carbonyl (C=O) groups is 1. The molecule has 0 spiro atoms. The lowest BCUT2D eigenvalue weighted by molar-refractivity contribution is -0.121. The molecule has 5 heteroatoms. The van der Waals surface area contributed by atoms with Gasteiger partial charge in [-0.25, -0.2) is 4.68 Å². The number of ketones is 1. The Balaban J connectivity index is 2.13. The van der Waals surface area contributed by atoms with Crippen molar-refractivity contribution in [2.45, 2.75) is 26.3 Å². The van der Waals surface area contributed by atoms with Crippen LogP contribution in [-0.2, 0) is 11.3 Å². The van der Waals surface area contributed by atoms with Crippen LogP contribution in [0.3, 0.4) is 0 Å². The average Bonchev–Trinajstić information content (AvgIpc) is 3.14. The molecule has 0 saturated heterocycles. The monoisotopic (exact) mass is 235 g/mol. The maximum atomic E-state index is 11.8. The van der Waals surface area contributed by atoms with Crippen LogP contribution in [0.1, 0.15) is 19.8 Å². The minimum Gasteiger partial charge on any atom is -0.373 e. The predicted molar refractivity (Wildman–Crippen MR) is 65.2 cm³/mol. The minimum absolute atomic E-state index is 0.111. The normalized spacial score (nSPS) is 14.7. The van der Waals surface area contributed by atoms with Crippen LogP contribution in [0.2, 0.25) is 0 Å². The highest BCUT2D eigenvalue weighted by Gasteiger charge is 2.29. The molecule has 1 fully saturated rings. The minimum atomic E-state index is -0.211. The van der Waals surface area contributed by atoms with Gasteiger partial charge >= 0.3 is 0 Å². The van der Waals surface area contributed by atoms with E-state index in [-0.39, 0.29) is 23.8 Å². The van der Waals surface area contributed by atoms with E-state index in [1.165, 1.54) is 10.7 Å². The highest BCUT2D eigenvalue weighted by Crippen LogP contribution is 2.29. The summed E-state index contributed by atoms with van der Waals surface area (Å²) in [7, 11) is 1.90. The van der Waals surface area contributed by atoms with Gasteiger partial charge < -0.3 is 4.90 Å². The molecule has 1 aromatic rings. The molecule has 1 saturated carbocycles. The van der Waals surface area contributed by atoms with E-state index >= 15 is 0 Å². The van der Waals surface area contributed by atoms with E-state index in [2.05, 4.69) is 5.10 Å². The number of carbonyl (C=O) groups excluding carboxylic acids is 1. The number of hydrogen-bond donors (Lipinski definition) is 0. The third kappa shape index (κ3) is 2.72. The summed E-state index contributed by atoms with van der Waals surface area (Å²) >= 11 is 0. The molecule has 1 aliphatic rings.